The normalized spacial score (nSPS) is 17.4. The van der Waals surface area contributed by atoms with Crippen molar-refractivity contribution >= 4 is 32.6 Å². The second-order valence-electron chi connectivity index (χ2n) is 7.32. The molecule has 1 aliphatic rings. The number of benzene rings is 2. The van der Waals surface area contributed by atoms with Gasteiger partial charge in [0, 0.05) is 17.0 Å². The molecule has 0 aliphatic carbocycles. The third-order valence-corrected chi connectivity index (χ3v) is 6.78. The number of hydrogen-bond donors (Lipinski definition) is 1. The molecule has 7 nitrogen and oxygen atoms in total. The molecule has 1 fully saturated rings. The third kappa shape index (κ3) is 4.88. The van der Waals surface area contributed by atoms with Gasteiger partial charge in [-0.25, -0.2) is 22.6 Å². The van der Waals surface area contributed by atoms with Crippen LogP contribution in [0.25, 0.3) is 22.2 Å². The molecule has 1 aliphatic heterocycles. The van der Waals surface area contributed by atoms with Crippen molar-refractivity contribution in [3.8, 4) is 11.3 Å². The van der Waals surface area contributed by atoms with Crippen LogP contribution in [-0.2, 0) is 19.4 Å². The van der Waals surface area contributed by atoms with Crippen molar-refractivity contribution in [1.29, 1.82) is 0 Å². The monoisotopic (exact) mass is 442 g/mol. The number of amides is 1. The highest BCUT2D eigenvalue weighted by molar-refractivity contribution is 7.91. The Kier molecular flexibility index (Phi) is 5.69. The molecular formula is C22H19FN2O5S. The van der Waals surface area contributed by atoms with Crippen molar-refractivity contribution in [2.45, 2.75) is 12.5 Å². The lowest BCUT2D eigenvalue weighted by Crippen LogP contribution is -2.38. The van der Waals surface area contributed by atoms with Crippen molar-refractivity contribution in [3.05, 3.63) is 66.0 Å². The number of pyridine rings is 1. The molecule has 3 aromatic rings. The molecule has 0 unspecified atom stereocenters. The molecule has 1 aromatic heterocycles. The summed E-state index contributed by atoms with van der Waals surface area (Å²) in [5.74, 6) is -1.73. The van der Waals surface area contributed by atoms with E-state index in [1.54, 1.807) is 42.5 Å². The van der Waals surface area contributed by atoms with Gasteiger partial charge in [-0.2, -0.15) is 0 Å². The van der Waals surface area contributed by atoms with Crippen LogP contribution in [-0.4, -0.2) is 49.4 Å². The maximum absolute atomic E-state index is 13.3. The summed E-state index contributed by atoms with van der Waals surface area (Å²) in [6, 6.07) is 13.8. The maximum atomic E-state index is 13.3. The van der Waals surface area contributed by atoms with E-state index in [0.29, 0.717) is 28.6 Å². The fraction of sp³-hybridized carbons (Fsp3) is 0.227. The second-order valence-corrected chi connectivity index (χ2v) is 9.55. The van der Waals surface area contributed by atoms with Crippen LogP contribution in [0.4, 0.5) is 4.39 Å². The van der Waals surface area contributed by atoms with Crippen molar-refractivity contribution in [1.82, 2.24) is 10.3 Å². The number of halogens is 1. The van der Waals surface area contributed by atoms with E-state index < -0.39 is 34.4 Å². The van der Waals surface area contributed by atoms with Gasteiger partial charge in [0.25, 0.3) is 5.91 Å². The van der Waals surface area contributed by atoms with Gasteiger partial charge in [0.1, 0.15) is 5.82 Å². The Morgan fingerprint density at radius 3 is 2.58 bits per heavy atom. The topological polar surface area (TPSA) is 102 Å². The fourth-order valence-electron chi connectivity index (χ4n) is 3.50. The van der Waals surface area contributed by atoms with Gasteiger partial charge in [-0.1, -0.05) is 18.2 Å². The van der Waals surface area contributed by atoms with Crippen LogP contribution < -0.4 is 5.32 Å². The Balaban J connectivity index is 1.53. The van der Waals surface area contributed by atoms with E-state index in [1.807, 2.05) is 0 Å². The van der Waals surface area contributed by atoms with Crippen LogP contribution in [0, 0.1) is 5.82 Å². The number of nitrogens with zero attached hydrogens (tertiary/aromatic N) is 1. The molecule has 1 atom stereocenters. The van der Waals surface area contributed by atoms with Gasteiger partial charge in [0.2, 0.25) is 0 Å². The van der Waals surface area contributed by atoms with Crippen LogP contribution in [0.5, 0.6) is 0 Å². The fourth-order valence-corrected chi connectivity index (χ4v) is 5.17. The van der Waals surface area contributed by atoms with Gasteiger partial charge >= 0.3 is 5.97 Å². The van der Waals surface area contributed by atoms with Crippen molar-refractivity contribution < 1.29 is 27.1 Å². The maximum Gasteiger partial charge on any atom is 0.339 e. The zero-order valence-corrected chi connectivity index (χ0v) is 17.2. The van der Waals surface area contributed by atoms with Crippen molar-refractivity contribution in [2.24, 2.45) is 0 Å². The number of nitrogens with one attached hydrogen (secondary N) is 1. The number of sulfone groups is 1. The lowest BCUT2D eigenvalue weighted by molar-refractivity contribution is -0.124. The van der Waals surface area contributed by atoms with Gasteiger partial charge in [0.15, 0.2) is 16.4 Å². The Bertz CT molecular complexity index is 1260. The molecule has 0 saturated carbocycles. The minimum Gasteiger partial charge on any atom is -0.452 e. The minimum atomic E-state index is -3.13. The third-order valence-electron chi connectivity index (χ3n) is 5.01. The quantitative estimate of drug-likeness (QED) is 0.609. The molecule has 2 heterocycles. The van der Waals surface area contributed by atoms with Crippen LogP contribution >= 0.6 is 0 Å². The summed E-state index contributed by atoms with van der Waals surface area (Å²) >= 11 is 0. The molecule has 9 heteroatoms. The first-order valence-corrected chi connectivity index (χ1v) is 11.5. The number of fused-ring (bicyclic) bond motifs is 1. The van der Waals surface area contributed by atoms with Gasteiger partial charge < -0.3 is 10.1 Å². The predicted molar refractivity (Wildman–Crippen MR) is 113 cm³/mol. The largest absolute Gasteiger partial charge is 0.452 e. The lowest BCUT2D eigenvalue weighted by Gasteiger charge is -2.12. The number of aromatic nitrogens is 1. The Hall–Kier alpha value is -3.33. The van der Waals surface area contributed by atoms with E-state index in [1.165, 1.54) is 12.1 Å². The molecule has 160 valence electrons. The second kappa shape index (κ2) is 8.43. The molecule has 2 aromatic carbocycles. The first-order valence-electron chi connectivity index (χ1n) is 9.63. The van der Waals surface area contributed by atoms with E-state index in [9.17, 15) is 22.4 Å². The summed E-state index contributed by atoms with van der Waals surface area (Å²) < 4.78 is 41.4. The predicted octanol–water partition coefficient (Wildman–Crippen LogP) is 2.50. The molecule has 1 saturated heterocycles. The van der Waals surface area contributed by atoms with Crippen LogP contribution in [0.1, 0.15) is 16.8 Å². The average molecular weight is 442 g/mol. The standard InChI is InChI=1S/C22H19FN2O5S/c23-15-7-5-14(6-8-15)20-11-18(17-3-1-2-4-19(17)25-20)22(27)30-12-21(26)24-16-9-10-31(28,29)13-16/h1-8,11,16H,9-10,12-13H2,(H,24,26)/t16-/m0/s1. The van der Waals surface area contributed by atoms with Gasteiger partial charge in [-0.15, -0.1) is 0 Å². The van der Waals surface area contributed by atoms with E-state index in [-0.39, 0.29) is 22.9 Å². The van der Waals surface area contributed by atoms with Crippen LogP contribution in [0.2, 0.25) is 0 Å². The van der Waals surface area contributed by atoms with Gasteiger partial charge in [0.05, 0.1) is 28.3 Å². The SMILES string of the molecule is O=C(COC(=O)c1cc(-c2ccc(F)cc2)nc2ccccc12)N[C@H]1CCS(=O)(=O)C1. The Morgan fingerprint density at radius 1 is 1.13 bits per heavy atom. The minimum absolute atomic E-state index is 0.0346. The summed E-state index contributed by atoms with van der Waals surface area (Å²) in [5, 5.41) is 3.13. The van der Waals surface area contributed by atoms with Crippen LogP contribution in [0.3, 0.4) is 0 Å². The number of rotatable bonds is 5. The number of hydrogen-bond acceptors (Lipinski definition) is 6. The zero-order valence-electron chi connectivity index (χ0n) is 16.4. The molecule has 31 heavy (non-hydrogen) atoms. The summed E-state index contributed by atoms with van der Waals surface area (Å²) in [7, 11) is -3.13. The van der Waals surface area contributed by atoms with E-state index in [4.69, 9.17) is 4.74 Å². The summed E-state index contributed by atoms with van der Waals surface area (Å²) in [4.78, 5) is 29.4. The average Bonchev–Trinajstić information content (AvgIpc) is 3.09. The number of esters is 1. The van der Waals surface area contributed by atoms with E-state index >= 15 is 0 Å². The van der Waals surface area contributed by atoms with Gasteiger partial charge in [-0.3, -0.25) is 4.79 Å². The van der Waals surface area contributed by atoms with E-state index in [2.05, 4.69) is 10.3 Å². The molecule has 0 spiro atoms. The molecule has 1 N–H and O–H groups in total. The summed E-state index contributed by atoms with van der Waals surface area (Å²) in [5.41, 5.74) is 1.87. The number of para-hydroxylation sites is 1. The molecule has 4 rings (SSSR count). The number of carbonyl (C=O) groups is 2. The highest BCUT2D eigenvalue weighted by Gasteiger charge is 2.29. The van der Waals surface area contributed by atoms with Gasteiger partial charge in [-0.05, 0) is 42.8 Å². The van der Waals surface area contributed by atoms with Crippen molar-refractivity contribution in [2.75, 3.05) is 18.1 Å². The molecular weight excluding hydrogens is 423 g/mol. The first kappa shape index (κ1) is 20.9. The highest BCUT2D eigenvalue weighted by Crippen LogP contribution is 2.25. The summed E-state index contributed by atoms with van der Waals surface area (Å²) in [6.45, 7) is -0.530. The molecule has 0 bridgehead atoms. The Labute approximate surface area is 178 Å². The smallest absolute Gasteiger partial charge is 0.339 e. The molecule has 0 radical (unpaired) electrons. The van der Waals surface area contributed by atoms with Crippen LogP contribution in [0.15, 0.2) is 54.6 Å². The lowest BCUT2D eigenvalue weighted by atomic mass is 10.0. The van der Waals surface area contributed by atoms with Crippen molar-refractivity contribution in [3.63, 3.8) is 0 Å². The van der Waals surface area contributed by atoms with E-state index in [0.717, 1.165) is 0 Å². The highest BCUT2D eigenvalue weighted by atomic mass is 32.2. The molecule has 1 amide bonds. The Morgan fingerprint density at radius 2 is 1.87 bits per heavy atom. The first-order chi connectivity index (χ1) is 14.8. The zero-order chi connectivity index (χ0) is 22.0. The number of ether oxygens (including phenoxy) is 1. The number of carbonyl (C=O) groups excluding carboxylic acids is 2. The summed E-state index contributed by atoms with van der Waals surface area (Å²) in [6.07, 6.45) is 0.345.